The molecule has 0 unspecified atom stereocenters. The molecule has 1 saturated heterocycles. The van der Waals surface area contributed by atoms with E-state index in [0.29, 0.717) is 5.69 Å². The molecule has 2 aromatic rings. The van der Waals surface area contributed by atoms with Gasteiger partial charge in [-0.15, -0.1) is 11.3 Å². The standard InChI is InChI=1S/C17H22N2O4S3/c1-13-5-3-6-14(2)19(13)26(22,23)16-10-8-15(9-11-16)18-25(20,21)17-7-4-12-24-17/h4,7-14,18H,3,5-6H2,1-2H3/t13-,14-/m0/s1. The van der Waals surface area contributed by atoms with Crippen molar-refractivity contribution in [3.63, 3.8) is 0 Å². The number of piperidine rings is 1. The number of hydrogen-bond acceptors (Lipinski definition) is 5. The van der Waals surface area contributed by atoms with Crippen molar-refractivity contribution in [3.05, 3.63) is 41.8 Å². The number of nitrogens with one attached hydrogen (secondary N) is 1. The summed E-state index contributed by atoms with van der Waals surface area (Å²) in [6, 6.07) is 8.97. The Morgan fingerprint density at radius 1 is 1.00 bits per heavy atom. The maximum atomic E-state index is 13.0. The van der Waals surface area contributed by atoms with E-state index in [9.17, 15) is 16.8 Å². The number of benzene rings is 1. The zero-order chi connectivity index (χ0) is 18.9. The van der Waals surface area contributed by atoms with Gasteiger partial charge in [-0.05, 0) is 62.4 Å². The van der Waals surface area contributed by atoms with Gasteiger partial charge >= 0.3 is 0 Å². The Morgan fingerprint density at radius 2 is 1.62 bits per heavy atom. The van der Waals surface area contributed by atoms with E-state index in [4.69, 9.17) is 0 Å². The average molecular weight is 415 g/mol. The smallest absolute Gasteiger partial charge is 0.271 e. The lowest BCUT2D eigenvalue weighted by Gasteiger charge is -2.37. The Morgan fingerprint density at radius 3 is 2.15 bits per heavy atom. The van der Waals surface area contributed by atoms with Gasteiger partial charge in [-0.25, -0.2) is 16.8 Å². The first-order valence-corrected chi connectivity index (χ1v) is 12.2. The van der Waals surface area contributed by atoms with Crippen LogP contribution in [0.2, 0.25) is 0 Å². The normalized spacial score (nSPS) is 22.2. The summed E-state index contributed by atoms with van der Waals surface area (Å²) >= 11 is 1.12. The van der Waals surface area contributed by atoms with Gasteiger partial charge < -0.3 is 0 Å². The van der Waals surface area contributed by atoms with Crippen LogP contribution in [0.1, 0.15) is 33.1 Å². The van der Waals surface area contributed by atoms with E-state index >= 15 is 0 Å². The zero-order valence-corrected chi connectivity index (χ0v) is 17.1. The molecule has 142 valence electrons. The number of nitrogens with zero attached hydrogens (tertiary/aromatic N) is 1. The Kier molecular flexibility index (Phi) is 5.43. The third-order valence-electron chi connectivity index (χ3n) is 4.55. The summed E-state index contributed by atoms with van der Waals surface area (Å²) in [5.41, 5.74) is 0.331. The van der Waals surface area contributed by atoms with Gasteiger partial charge in [0.2, 0.25) is 10.0 Å². The van der Waals surface area contributed by atoms with E-state index in [2.05, 4.69) is 4.72 Å². The van der Waals surface area contributed by atoms with Crippen LogP contribution in [0.15, 0.2) is 50.9 Å². The van der Waals surface area contributed by atoms with E-state index in [-0.39, 0.29) is 21.2 Å². The highest BCUT2D eigenvalue weighted by atomic mass is 32.2. The molecule has 1 fully saturated rings. The Balaban J connectivity index is 1.83. The van der Waals surface area contributed by atoms with Gasteiger partial charge in [0, 0.05) is 17.8 Å². The minimum atomic E-state index is -3.65. The molecule has 1 aliphatic heterocycles. The van der Waals surface area contributed by atoms with Crippen molar-refractivity contribution < 1.29 is 16.8 Å². The quantitative estimate of drug-likeness (QED) is 0.812. The molecule has 1 aromatic heterocycles. The second-order valence-electron chi connectivity index (χ2n) is 6.53. The van der Waals surface area contributed by atoms with Gasteiger partial charge in [0.1, 0.15) is 4.21 Å². The van der Waals surface area contributed by atoms with Gasteiger partial charge in [0.25, 0.3) is 10.0 Å². The van der Waals surface area contributed by atoms with Crippen molar-refractivity contribution >= 4 is 37.1 Å². The van der Waals surface area contributed by atoms with Crippen LogP contribution in [-0.4, -0.2) is 33.2 Å². The lowest BCUT2D eigenvalue weighted by molar-refractivity contribution is 0.204. The summed E-state index contributed by atoms with van der Waals surface area (Å²) in [5, 5.41) is 1.69. The molecule has 0 spiro atoms. The van der Waals surface area contributed by atoms with E-state index in [1.54, 1.807) is 15.8 Å². The summed E-state index contributed by atoms with van der Waals surface area (Å²) < 4.78 is 54.7. The van der Waals surface area contributed by atoms with Crippen molar-refractivity contribution in [1.29, 1.82) is 0 Å². The van der Waals surface area contributed by atoms with E-state index in [0.717, 1.165) is 30.6 Å². The Bertz CT molecular complexity index is 942. The predicted molar refractivity (Wildman–Crippen MR) is 103 cm³/mol. The molecular formula is C17H22N2O4S3. The maximum Gasteiger partial charge on any atom is 0.271 e. The fourth-order valence-electron chi connectivity index (χ4n) is 3.31. The molecule has 1 aromatic carbocycles. The lowest BCUT2D eigenvalue weighted by Crippen LogP contribution is -2.47. The number of sulfonamides is 2. The molecule has 0 amide bonds. The van der Waals surface area contributed by atoms with Crippen molar-refractivity contribution in [2.75, 3.05) is 4.72 Å². The molecule has 26 heavy (non-hydrogen) atoms. The summed E-state index contributed by atoms with van der Waals surface area (Å²) in [7, 11) is -7.25. The molecule has 1 aliphatic rings. The summed E-state index contributed by atoms with van der Waals surface area (Å²) in [6.07, 6.45) is 2.72. The SMILES string of the molecule is C[C@H]1CCC[C@H](C)N1S(=O)(=O)c1ccc(NS(=O)(=O)c2cccs2)cc1. The first-order valence-electron chi connectivity index (χ1n) is 8.42. The van der Waals surface area contributed by atoms with E-state index < -0.39 is 20.0 Å². The first kappa shape index (κ1) is 19.3. The number of thiophene rings is 1. The third kappa shape index (κ3) is 3.80. The van der Waals surface area contributed by atoms with E-state index in [1.165, 1.54) is 30.3 Å². The third-order valence-corrected chi connectivity index (χ3v) is 9.48. The highest BCUT2D eigenvalue weighted by Crippen LogP contribution is 2.30. The molecule has 0 bridgehead atoms. The average Bonchev–Trinajstić information content (AvgIpc) is 3.10. The monoisotopic (exact) mass is 414 g/mol. The van der Waals surface area contributed by atoms with Crippen LogP contribution < -0.4 is 4.72 Å². The lowest BCUT2D eigenvalue weighted by atomic mass is 10.0. The Hall–Kier alpha value is -1.42. The fraction of sp³-hybridized carbons (Fsp3) is 0.412. The van der Waals surface area contributed by atoms with Crippen molar-refractivity contribution in [2.45, 2.75) is 54.3 Å². The van der Waals surface area contributed by atoms with Crippen LogP contribution in [0.5, 0.6) is 0 Å². The van der Waals surface area contributed by atoms with Crippen molar-refractivity contribution in [1.82, 2.24) is 4.31 Å². The molecule has 6 nitrogen and oxygen atoms in total. The molecule has 3 rings (SSSR count). The van der Waals surface area contributed by atoms with Gasteiger partial charge in [-0.2, -0.15) is 4.31 Å². The summed E-state index contributed by atoms with van der Waals surface area (Å²) in [4.78, 5) is 0.178. The number of hydrogen-bond donors (Lipinski definition) is 1. The fourth-order valence-corrected chi connectivity index (χ4v) is 7.24. The topological polar surface area (TPSA) is 83.6 Å². The highest BCUT2D eigenvalue weighted by Gasteiger charge is 2.35. The highest BCUT2D eigenvalue weighted by molar-refractivity contribution is 7.94. The minimum Gasteiger partial charge on any atom is -0.279 e. The Labute approximate surface area is 159 Å². The van der Waals surface area contributed by atoms with Crippen LogP contribution in [0, 0.1) is 0 Å². The van der Waals surface area contributed by atoms with Crippen LogP contribution in [0.3, 0.4) is 0 Å². The molecule has 1 N–H and O–H groups in total. The van der Waals surface area contributed by atoms with Crippen LogP contribution in [0.25, 0.3) is 0 Å². The second-order valence-corrected chi connectivity index (χ2v) is 11.2. The molecule has 0 radical (unpaired) electrons. The first-order chi connectivity index (χ1) is 12.2. The molecule has 0 saturated carbocycles. The molecule has 2 heterocycles. The van der Waals surface area contributed by atoms with Crippen molar-refractivity contribution in [2.24, 2.45) is 0 Å². The van der Waals surface area contributed by atoms with Gasteiger partial charge in [0.15, 0.2) is 0 Å². The van der Waals surface area contributed by atoms with Gasteiger partial charge in [-0.3, -0.25) is 4.72 Å². The molecule has 9 heteroatoms. The zero-order valence-electron chi connectivity index (χ0n) is 14.6. The molecule has 2 atom stereocenters. The molecule has 0 aliphatic carbocycles. The summed E-state index contributed by atoms with van der Waals surface area (Å²) in [5.74, 6) is 0. The van der Waals surface area contributed by atoms with Crippen LogP contribution in [-0.2, 0) is 20.0 Å². The number of anilines is 1. The largest absolute Gasteiger partial charge is 0.279 e. The summed E-state index contributed by atoms with van der Waals surface area (Å²) in [6.45, 7) is 3.85. The second kappa shape index (κ2) is 7.30. The number of rotatable bonds is 5. The van der Waals surface area contributed by atoms with Crippen LogP contribution in [0.4, 0.5) is 5.69 Å². The van der Waals surface area contributed by atoms with Crippen molar-refractivity contribution in [3.8, 4) is 0 Å². The minimum absolute atomic E-state index is 0.0410. The van der Waals surface area contributed by atoms with Crippen LogP contribution >= 0.6 is 11.3 Å². The van der Waals surface area contributed by atoms with Gasteiger partial charge in [0.05, 0.1) is 4.90 Å². The van der Waals surface area contributed by atoms with E-state index in [1.807, 2.05) is 13.8 Å². The molecular weight excluding hydrogens is 392 g/mol. The maximum absolute atomic E-state index is 13.0. The predicted octanol–water partition coefficient (Wildman–Crippen LogP) is 3.50. The van der Waals surface area contributed by atoms with Gasteiger partial charge in [-0.1, -0.05) is 12.5 Å².